The minimum Gasteiger partial charge on any atom is -0.356 e. The van der Waals surface area contributed by atoms with Crippen LogP contribution in [0.2, 0.25) is 0 Å². The molecule has 1 aromatic rings. The quantitative estimate of drug-likeness (QED) is 0.600. The highest BCUT2D eigenvalue weighted by molar-refractivity contribution is 7.11. The molecule has 0 amide bonds. The van der Waals surface area contributed by atoms with Crippen molar-refractivity contribution in [1.29, 1.82) is 0 Å². The first-order valence-electron chi connectivity index (χ1n) is 7.82. The van der Waals surface area contributed by atoms with Gasteiger partial charge in [-0.15, -0.1) is 11.3 Å². The van der Waals surface area contributed by atoms with E-state index < -0.39 is 0 Å². The van der Waals surface area contributed by atoms with Gasteiger partial charge in [0.2, 0.25) is 0 Å². The molecule has 0 aliphatic rings. The number of nitrogens with zero attached hydrogens (tertiary/aromatic N) is 2. The molecule has 1 aromatic heterocycles. The number of aromatic nitrogens is 1. The molecule has 1 unspecified atom stereocenters. The fourth-order valence-electron chi connectivity index (χ4n) is 2.18. The molecule has 2 N–H and O–H groups in total. The predicted molar refractivity (Wildman–Crippen MR) is 93.3 cm³/mol. The topological polar surface area (TPSA) is 49.3 Å². The molecule has 0 fully saturated rings. The molecular weight excluding hydrogens is 280 g/mol. The van der Waals surface area contributed by atoms with Crippen molar-refractivity contribution in [3.63, 3.8) is 0 Å². The summed E-state index contributed by atoms with van der Waals surface area (Å²) in [5, 5.41) is 7.99. The monoisotopic (exact) mass is 310 g/mol. The first kappa shape index (κ1) is 18.0. The third-order valence-electron chi connectivity index (χ3n) is 3.43. The summed E-state index contributed by atoms with van der Waals surface area (Å²) >= 11 is 1.79. The second-order valence-electron chi connectivity index (χ2n) is 6.01. The highest BCUT2D eigenvalue weighted by Gasteiger charge is 2.08. The molecule has 0 saturated carbocycles. The average molecular weight is 311 g/mol. The van der Waals surface area contributed by atoms with Crippen molar-refractivity contribution in [2.24, 2.45) is 10.9 Å². The van der Waals surface area contributed by atoms with Crippen LogP contribution in [0, 0.1) is 19.8 Å². The molecule has 1 atom stereocenters. The van der Waals surface area contributed by atoms with Gasteiger partial charge < -0.3 is 10.6 Å². The van der Waals surface area contributed by atoms with Gasteiger partial charge in [-0.05, 0) is 39.5 Å². The summed E-state index contributed by atoms with van der Waals surface area (Å²) in [5.41, 5.74) is 1.16. The van der Waals surface area contributed by atoms with Crippen LogP contribution in [-0.4, -0.2) is 30.6 Å². The van der Waals surface area contributed by atoms with Gasteiger partial charge in [0.15, 0.2) is 5.96 Å². The average Bonchev–Trinajstić information content (AvgIpc) is 2.73. The highest BCUT2D eigenvalue weighted by Crippen LogP contribution is 2.17. The van der Waals surface area contributed by atoms with Gasteiger partial charge in [0.1, 0.15) is 0 Å². The molecule has 0 aromatic carbocycles. The molecule has 0 bridgehead atoms. The lowest BCUT2D eigenvalue weighted by Crippen LogP contribution is -2.43. The zero-order chi connectivity index (χ0) is 15.8. The van der Waals surface area contributed by atoms with Crippen molar-refractivity contribution in [2.45, 2.75) is 59.9 Å². The van der Waals surface area contributed by atoms with E-state index >= 15 is 0 Å². The Morgan fingerprint density at radius 1 is 1.24 bits per heavy atom. The Morgan fingerprint density at radius 2 is 1.95 bits per heavy atom. The number of aliphatic imine (C=N–C) groups is 1. The molecular formula is C16H30N4S. The minimum absolute atomic E-state index is 0.450. The Labute approximate surface area is 133 Å². The Balaban J connectivity index is 2.33. The van der Waals surface area contributed by atoms with Crippen molar-refractivity contribution < 1.29 is 0 Å². The van der Waals surface area contributed by atoms with Crippen molar-refractivity contribution >= 4 is 17.3 Å². The molecule has 0 radical (unpaired) electrons. The summed E-state index contributed by atoms with van der Waals surface area (Å²) < 4.78 is 0. The van der Waals surface area contributed by atoms with E-state index in [-0.39, 0.29) is 0 Å². The van der Waals surface area contributed by atoms with Crippen LogP contribution in [0.3, 0.4) is 0 Å². The molecule has 5 heteroatoms. The van der Waals surface area contributed by atoms with Crippen molar-refractivity contribution in [3.05, 3.63) is 15.6 Å². The maximum atomic E-state index is 4.46. The third kappa shape index (κ3) is 6.93. The van der Waals surface area contributed by atoms with E-state index in [2.05, 4.69) is 55.2 Å². The van der Waals surface area contributed by atoms with E-state index in [0.717, 1.165) is 35.5 Å². The van der Waals surface area contributed by atoms with Gasteiger partial charge in [0, 0.05) is 30.9 Å². The molecule has 0 saturated heterocycles. The van der Waals surface area contributed by atoms with Gasteiger partial charge in [-0.1, -0.05) is 13.8 Å². The molecule has 21 heavy (non-hydrogen) atoms. The van der Waals surface area contributed by atoms with Crippen molar-refractivity contribution in [3.8, 4) is 0 Å². The number of nitrogens with one attached hydrogen (secondary N) is 2. The summed E-state index contributed by atoms with van der Waals surface area (Å²) in [6.07, 6.45) is 3.41. The highest BCUT2D eigenvalue weighted by atomic mass is 32.1. The van der Waals surface area contributed by atoms with E-state index in [1.807, 2.05) is 7.05 Å². The second-order valence-corrected chi connectivity index (χ2v) is 7.29. The summed E-state index contributed by atoms with van der Waals surface area (Å²) in [6.45, 7) is 11.8. The Kier molecular flexibility index (Phi) is 7.72. The van der Waals surface area contributed by atoms with Crippen LogP contribution in [0.1, 0.15) is 49.2 Å². The zero-order valence-electron chi connectivity index (χ0n) is 14.3. The van der Waals surface area contributed by atoms with Gasteiger partial charge in [-0.3, -0.25) is 4.99 Å². The first-order chi connectivity index (χ1) is 9.92. The molecule has 0 spiro atoms. The first-order valence-corrected chi connectivity index (χ1v) is 8.64. The van der Waals surface area contributed by atoms with Gasteiger partial charge in [-0.2, -0.15) is 0 Å². The lowest BCUT2D eigenvalue weighted by molar-refractivity contribution is 0.489. The lowest BCUT2D eigenvalue weighted by Gasteiger charge is -2.18. The van der Waals surface area contributed by atoms with E-state index in [0.29, 0.717) is 6.04 Å². The number of hydrogen-bond donors (Lipinski definition) is 2. The summed E-state index contributed by atoms with van der Waals surface area (Å²) in [6, 6.07) is 0.450. The Morgan fingerprint density at radius 3 is 2.48 bits per heavy atom. The van der Waals surface area contributed by atoms with Gasteiger partial charge >= 0.3 is 0 Å². The Bertz CT molecular complexity index is 451. The fourth-order valence-corrected chi connectivity index (χ4v) is 3.12. The maximum Gasteiger partial charge on any atom is 0.191 e. The van der Waals surface area contributed by atoms with Crippen LogP contribution < -0.4 is 10.6 Å². The summed E-state index contributed by atoms with van der Waals surface area (Å²) in [5.74, 6) is 1.65. The van der Waals surface area contributed by atoms with Gasteiger partial charge in [0.05, 0.1) is 10.7 Å². The predicted octanol–water partition coefficient (Wildman–Crippen LogP) is 3.29. The SMILES string of the molecule is CN=C(NCCc1sc(C)nc1C)NC(C)CCC(C)C. The van der Waals surface area contributed by atoms with E-state index in [1.54, 1.807) is 11.3 Å². The summed E-state index contributed by atoms with van der Waals surface area (Å²) in [7, 11) is 1.83. The number of hydrogen-bond acceptors (Lipinski definition) is 3. The molecule has 0 aliphatic carbocycles. The number of rotatable bonds is 7. The van der Waals surface area contributed by atoms with Crippen LogP contribution in [0.25, 0.3) is 0 Å². The van der Waals surface area contributed by atoms with Crippen LogP contribution in [0.15, 0.2) is 4.99 Å². The number of guanidine groups is 1. The normalized spacial score (nSPS) is 13.6. The van der Waals surface area contributed by atoms with Crippen molar-refractivity contribution in [1.82, 2.24) is 15.6 Å². The van der Waals surface area contributed by atoms with Crippen molar-refractivity contribution in [2.75, 3.05) is 13.6 Å². The lowest BCUT2D eigenvalue weighted by atomic mass is 10.0. The van der Waals surface area contributed by atoms with Crippen LogP contribution in [-0.2, 0) is 6.42 Å². The second kappa shape index (κ2) is 9.03. The van der Waals surface area contributed by atoms with Crippen LogP contribution in [0.4, 0.5) is 0 Å². The van der Waals surface area contributed by atoms with E-state index in [4.69, 9.17) is 0 Å². The van der Waals surface area contributed by atoms with E-state index in [1.165, 1.54) is 17.7 Å². The maximum absolute atomic E-state index is 4.46. The van der Waals surface area contributed by atoms with Gasteiger partial charge in [0.25, 0.3) is 0 Å². The smallest absolute Gasteiger partial charge is 0.191 e. The number of aryl methyl sites for hydroxylation is 2. The number of thiazole rings is 1. The fraction of sp³-hybridized carbons (Fsp3) is 0.750. The molecule has 0 aliphatic heterocycles. The molecule has 120 valence electrons. The summed E-state index contributed by atoms with van der Waals surface area (Å²) in [4.78, 5) is 10.1. The third-order valence-corrected chi connectivity index (χ3v) is 4.56. The van der Waals surface area contributed by atoms with Crippen LogP contribution in [0.5, 0.6) is 0 Å². The molecule has 1 heterocycles. The standard InChI is InChI=1S/C16H30N4S/c1-11(2)7-8-12(3)19-16(17-6)18-10-9-15-13(4)20-14(5)21-15/h11-12H,7-10H2,1-6H3,(H2,17,18,19). The van der Waals surface area contributed by atoms with Gasteiger partial charge in [-0.25, -0.2) is 4.98 Å². The van der Waals surface area contributed by atoms with E-state index in [9.17, 15) is 0 Å². The molecule has 1 rings (SSSR count). The minimum atomic E-state index is 0.450. The molecule has 4 nitrogen and oxygen atoms in total. The Hall–Kier alpha value is -1.10. The largest absolute Gasteiger partial charge is 0.356 e. The zero-order valence-corrected chi connectivity index (χ0v) is 15.1. The van der Waals surface area contributed by atoms with Crippen LogP contribution >= 0.6 is 11.3 Å².